The molecule has 1 amide bonds. The molecule has 0 heterocycles. The summed E-state index contributed by atoms with van der Waals surface area (Å²) in [4.78, 5) is 26.3. The minimum absolute atomic E-state index is 0.321. The average Bonchev–Trinajstić information content (AvgIpc) is 2.42. The number of carboxylic acids is 1. The van der Waals surface area contributed by atoms with Gasteiger partial charge in [0.1, 0.15) is 11.1 Å². The molecule has 5 heteroatoms. The number of amides is 1. The van der Waals surface area contributed by atoms with Gasteiger partial charge in [-0.25, -0.2) is 9.59 Å². The molecule has 0 aromatic heterocycles. The van der Waals surface area contributed by atoms with Gasteiger partial charge >= 0.3 is 12.1 Å². The number of ether oxygens (including phenoxy) is 1. The van der Waals surface area contributed by atoms with Gasteiger partial charge in [0, 0.05) is 6.54 Å². The molecule has 0 bridgehead atoms. The van der Waals surface area contributed by atoms with Gasteiger partial charge in [-0.15, -0.1) is 0 Å². The highest BCUT2D eigenvalue weighted by Gasteiger charge is 2.50. The molecule has 1 aliphatic carbocycles. The Hall–Kier alpha value is -1.26. The Labute approximate surface area is 140 Å². The van der Waals surface area contributed by atoms with Gasteiger partial charge in [0.15, 0.2) is 0 Å². The number of hydrogen-bond acceptors (Lipinski definition) is 3. The van der Waals surface area contributed by atoms with Crippen LogP contribution in [-0.4, -0.2) is 39.8 Å². The van der Waals surface area contributed by atoms with Crippen LogP contribution < -0.4 is 0 Å². The molecule has 23 heavy (non-hydrogen) atoms. The lowest BCUT2D eigenvalue weighted by atomic mass is 9.71. The average molecular weight is 327 g/mol. The predicted octanol–water partition coefficient (Wildman–Crippen LogP) is 4.30. The van der Waals surface area contributed by atoms with Crippen LogP contribution in [0.3, 0.4) is 0 Å². The Kier molecular flexibility index (Phi) is 6.49. The van der Waals surface area contributed by atoms with Gasteiger partial charge in [0.2, 0.25) is 0 Å². The molecule has 1 saturated carbocycles. The fraction of sp³-hybridized carbons (Fsp3) is 0.889. The van der Waals surface area contributed by atoms with E-state index < -0.39 is 23.2 Å². The molecular formula is C18H33NO4. The minimum atomic E-state index is -1.13. The fourth-order valence-corrected chi connectivity index (χ4v) is 3.44. The highest BCUT2D eigenvalue weighted by molar-refractivity contribution is 5.84. The lowest BCUT2D eigenvalue weighted by Crippen LogP contribution is -2.60. The summed E-state index contributed by atoms with van der Waals surface area (Å²) in [5.41, 5.74) is -1.76. The molecule has 134 valence electrons. The van der Waals surface area contributed by atoms with Gasteiger partial charge < -0.3 is 9.84 Å². The van der Waals surface area contributed by atoms with Crippen molar-refractivity contribution in [2.24, 2.45) is 11.8 Å². The van der Waals surface area contributed by atoms with Crippen LogP contribution in [0.5, 0.6) is 0 Å². The Morgan fingerprint density at radius 3 is 2.39 bits per heavy atom. The zero-order chi connectivity index (χ0) is 17.8. The van der Waals surface area contributed by atoms with E-state index in [1.165, 1.54) is 4.90 Å². The minimum Gasteiger partial charge on any atom is -0.479 e. The first-order valence-electron chi connectivity index (χ1n) is 8.77. The Balaban J connectivity index is 3.15. The Morgan fingerprint density at radius 2 is 1.96 bits per heavy atom. The number of carbonyl (C=O) groups excluding carboxylic acids is 1. The topological polar surface area (TPSA) is 66.8 Å². The van der Waals surface area contributed by atoms with E-state index in [1.54, 1.807) is 20.8 Å². The summed E-state index contributed by atoms with van der Waals surface area (Å²) < 4.78 is 5.50. The molecular weight excluding hydrogens is 294 g/mol. The van der Waals surface area contributed by atoms with Gasteiger partial charge in [-0.2, -0.15) is 0 Å². The van der Waals surface area contributed by atoms with E-state index in [0.29, 0.717) is 37.6 Å². The van der Waals surface area contributed by atoms with Crippen LogP contribution in [0.1, 0.15) is 73.6 Å². The molecule has 0 aliphatic heterocycles. The van der Waals surface area contributed by atoms with Crippen molar-refractivity contribution in [3.8, 4) is 0 Å². The van der Waals surface area contributed by atoms with Crippen molar-refractivity contribution < 1.29 is 19.4 Å². The van der Waals surface area contributed by atoms with Crippen molar-refractivity contribution >= 4 is 12.1 Å². The SMILES string of the molecule is CCCN(C(=O)OC(C)(C)C)C1(C(=O)O)CCCC(C(C)C)C1. The normalized spacial score (nSPS) is 25.3. The van der Waals surface area contributed by atoms with Crippen molar-refractivity contribution in [2.75, 3.05) is 6.54 Å². The van der Waals surface area contributed by atoms with Crippen LogP contribution in [0.15, 0.2) is 0 Å². The maximum Gasteiger partial charge on any atom is 0.411 e. The quantitative estimate of drug-likeness (QED) is 0.817. The highest BCUT2D eigenvalue weighted by Crippen LogP contribution is 2.41. The molecule has 2 atom stereocenters. The second kappa shape index (κ2) is 7.54. The molecule has 0 saturated heterocycles. The van der Waals surface area contributed by atoms with E-state index in [9.17, 15) is 14.7 Å². The van der Waals surface area contributed by atoms with E-state index in [4.69, 9.17) is 4.74 Å². The summed E-state index contributed by atoms with van der Waals surface area (Å²) in [6, 6.07) is 0. The third-order valence-corrected chi connectivity index (χ3v) is 4.68. The second-order valence-corrected chi connectivity index (χ2v) is 8.07. The summed E-state index contributed by atoms with van der Waals surface area (Å²) in [5, 5.41) is 9.98. The van der Waals surface area contributed by atoms with Crippen LogP contribution in [0.4, 0.5) is 4.79 Å². The number of carboxylic acid groups (broad SMARTS) is 1. The Bertz CT molecular complexity index is 427. The lowest BCUT2D eigenvalue weighted by Gasteiger charge is -2.46. The molecule has 0 spiro atoms. The van der Waals surface area contributed by atoms with Crippen LogP contribution in [-0.2, 0) is 9.53 Å². The van der Waals surface area contributed by atoms with Crippen molar-refractivity contribution in [3.05, 3.63) is 0 Å². The molecule has 1 aliphatic rings. The zero-order valence-electron chi connectivity index (χ0n) is 15.5. The number of nitrogens with zero attached hydrogens (tertiary/aromatic N) is 1. The second-order valence-electron chi connectivity index (χ2n) is 8.07. The molecule has 1 N–H and O–H groups in total. The molecule has 5 nitrogen and oxygen atoms in total. The van der Waals surface area contributed by atoms with Gasteiger partial charge in [-0.1, -0.05) is 27.2 Å². The molecule has 0 aromatic rings. The smallest absolute Gasteiger partial charge is 0.411 e. The third-order valence-electron chi connectivity index (χ3n) is 4.68. The molecule has 1 rings (SSSR count). The van der Waals surface area contributed by atoms with Crippen molar-refractivity contribution in [2.45, 2.75) is 84.8 Å². The summed E-state index contributed by atoms with van der Waals surface area (Å²) in [5.74, 6) is -0.167. The maximum atomic E-state index is 12.7. The number of hydrogen-bond donors (Lipinski definition) is 1. The van der Waals surface area contributed by atoms with Crippen LogP contribution in [0.2, 0.25) is 0 Å². The number of carbonyl (C=O) groups is 2. The summed E-state index contributed by atoms with van der Waals surface area (Å²) in [6.45, 7) is 12.0. The zero-order valence-corrected chi connectivity index (χ0v) is 15.5. The van der Waals surface area contributed by atoms with Crippen molar-refractivity contribution in [1.29, 1.82) is 0 Å². The van der Waals surface area contributed by atoms with Crippen molar-refractivity contribution in [3.63, 3.8) is 0 Å². The lowest BCUT2D eigenvalue weighted by molar-refractivity contribution is -0.155. The standard InChI is InChI=1S/C18H33NO4/c1-7-11-19(16(22)23-17(4,5)6)18(15(20)21)10-8-9-14(12-18)13(2)3/h13-14H,7-12H2,1-6H3,(H,20,21). The first kappa shape index (κ1) is 19.8. The molecule has 2 unspecified atom stereocenters. The van der Waals surface area contributed by atoms with E-state index in [2.05, 4.69) is 13.8 Å². The highest BCUT2D eigenvalue weighted by atomic mass is 16.6. The Morgan fingerprint density at radius 1 is 1.35 bits per heavy atom. The largest absolute Gasteiger partial charge is 0.479 e. The first-order valence-corrected chi connectivity index (χ1v) is 8.77. The third kappa shape index (κ3) is 4.85. The molecule has 0 aromatic carbocycles. The van der Waals surface area contributed by atoms with E-state index >= 15 is 0 Å². The van der Waals surface area contributed by atoms with Crippen LogP contribution >= 0.6 is 0 Å². The van der Waals surface area contributed by atoms with Crippen LogP contribution in [0, 0.1) is 11.8 Å². The van der Waals surface area contributed by atoms with Crippen LogP contribution in [0.25, 0.3) is 0 Å². The first-order chi connectivity index (χ1) is 10.5. The monoisotopic (exact) mass is 327 g/mol. The van der Waals surface area contributed by atoms with Gasteiger partial charge in [-0.05, 0) is 58.3 Å². The van der Waals surface area contributed by atoms with E-state index in [1.807, 2.05) is 6.92 Å². The molecule has 1 fully saturated rings. The number of rotatable bonds is 5. The summed E-state index contributed by atoms with van der Waals surface area (Å²) in [7, 11) is 0. The van der Waals surface area contributed by atoms with E-state index in [-0.39, 0.29) is 0 Å². The summed E-state index contributed by atoms with van der Waals surface area (Å²) >= 11 is 0. The fourth-order valence-electron chi connectivity index (χ4n) is 3.44. The molecule has 0 radical (unpaired) electrons. The maximum absolute atomic E-state index is 12.7. The van der Waals surface area contributed by atoms with Crippen molar-refractivity contribution in [1.82, 2.24) is 4.90 Å². The van der Waals surface area contributed by atoms with Gasteiger partial charge in [0.05, 0.1) is 0 Å². The van der Waals surface area contributed by atoms with Gasteiger partial charge in [-0.3, -0.25) is 4.90 Å². The summed E-state index contributed by atoms with van der Waals surface area (Å²) in [6.07, 6.45) is 3.08. The van der Waals surface area contributed by atoms with E-state index in [0.717, 1.165) is 12.8 Å². The number of aliphatic carboxylic acids is 1. The van der Waals surface area contributed by atoms with Gasteiger partial charge in [0.25, 0.3) is 0 Å². The predicted molar refractivity (Wildman–Crippen MR) is 90.4 cm³/mol.